The zero-order valence-corrected chi connectivity index (χ0v) is 16.1. The number of carbonyl (C=O) groups is 1. The molecular weight excluding hydrogens is 382 g/mol. The number of hydrogen-bond donors (Lipinski definition) is 0. The molecule has 1 saturated heterocycles. The largest absolute Gasteiger partial charge is 0.497 e. The maximum absolute atomic E-state index is 13.1. The quantitative estimate of drug-likeness (QED) is 0.716. The number of ether oxygens (including phenoxy) is 2. The smallest absolute Gasteiger partial charge is 0.255 e. The van der Waals surface area contributed by atoms with Gasteiger partial charge in [0.1, 0.15) is 11.5 Å². The van der Waals surface area contributed by atoms with E-state index in [0.29, 0.717) is 17.9 Å². The molecule has 132 valence electrons. The molecule has 2 aromatic carbocycles. The molecule has 0 spiro atoms. The predicted molar refractivity (Wildman–Crippen MR) is 101 cm³/mol. The van der Waals surface area contributed by atoms with Gasteiger partial charge in [0.05, 0.1) is 25.3 Å². The van der Waals surface area contributed by atoms with Crippen LogP contribution in [0, 0.1) is 0 Å². The average molecular weight is 404 g/mol. The van der Waals surface area contributed by atoms with Crippen LogP contribution in [0.4, 0.5) is 0 Å². The molecule has 25 heavy (non-hydrogen) atoms. The Morgan fingerprint density at radius 1 is 1.20 bits per heavy atom. The second-order valence-corrected chi connectivity index (χ2v) is 6.86. The number of likely N-dealkylation sites (tertiary alicyclic amines) is 1. The molecular formula is C20H22BrNO3. The van der Waals surface area contributed by atoms with Crippen LogP contribution in [0.25, 0.3) is 0 Å². The molecule has 0 saturated carbocycles. The number of rotatable bonds is 5. The van der Waals surface area contributed by atoms with Crippen molar-refractivity contribution in [1.29, 1.82) is 0 Å². The van der Waals surface area contributed by atoms with Crippen molar-refractivity contribution in [3.8, 4) is 11.5 Å². The highest BCUT2D eigenvalue weighted by Gasteiger charge is 2.31. The Kier molecular flexibility index (Phi) is 5.63. The van der Waals surface area contributed by atoms with Gasteiger partial charge in [0.15, 0.2) is 0 Å². The lowest BCUT2D eigenvalue weighted by atomic mass is 10.0. The van der Waals surface area contributed by atoms with Crippen molar-refractivity contribution in [3.63, 3.8) is 0 Å². The van der Waals surface area contributed by atoms with Crippen LogP contribution in [0.3, 0.4) is 0 Å². The zero-order valence-electron chi connectivity index (χ0n) is 14.5. The van der Waals surface area contributed by atoms with Gasteiger partial charge in [-0.05, 0) is 71.6 Å². The van der Waals surface area contributed by atoms with E-state index in [0.717, 1.165) is 35.2 Å². The van der Waals surface area contributed by atoms with Crippen LogP contribution in [0.2, 0.25) is 0 Å². The van der Waals surface area contributed by atoms with Crippen molar-refractivity contribution in [2.75, 3.05) is 20.3 Å². The minimum Gasteiger partial charge on any atom is -0.497 e. The predicted octanol–water partition coefficient (Wildman–Crippen LogP) is 4.83. The number of hydrogen-bond acceptors (Lipinski definition) is 3. The van der Waals surface area contributed by atoms with E-state index in [1.807, 2.05) is 36.1 Å². The summed E-state index contributed by atoms with van der Waals surface area (Å²) >= 11 is 3.49. The van der Waals surface area contributed by atoms with E-state index in [4.69, 9.17) is 9.47 Å². The summed E-state index contributed by atoms with van der Waals surface area (Å²) in [6.07, 6.45) is 1.98. The van der Waals surface area contributed by atoms with Crippen LogP contribution >= 0.6 is 15.9 Å². The van der Waals surface area contributed by atoms with Gasteiger partial charge in [-0.3, -0.25) is 4.79 Å². The standard InChI is InChI=1S/C20H22BrNO3/c1-3-25-15-8-6-14(7-9-15)19-5-4-12-22(19)20(23)17-13-16(24-2)10-11-18(17)21/h6-11,13,19H,3-5,12H2,1-2H3. The minimum atomic E-state index is 0.0298. The lowest BCUT2D eigenvalue weighted by molar-refractivity contribution is 0.0734. The Hall–Kier alpha value is -2.01. The Bertz CT molecular complexity index is 745. The SMILES string of the molecule is CCOc1ccc(C2CCCN2C(=O)c2cc(OC)ccc2Br)cc1. The lowest BCUT2D eigenvalue weighted by Gasteiger charge is -2.26. The van der Waals surface area contributed by atoms with E-state index in [2.05, 4.69) is 28.1 Å². The van der Waals surface area contributed by atoms with Crippen LogP contribution < -0.4 is 9.47 Å². The maximum atomic E-state index is 13.1. The zero-order chi connectivity index (χ0) is 17.8. The van der Waals surface area contributed by atoms with E-state index < -0.39 is 0 Å². The summed E-state index contributed by atoms with van der Waals surface area (Å²) in [6, 6.07) is 13.6. The Labute approximate surface area is 156 Å². The number of amides is 1. The fourth-order valence-electron chi connectivity index (χ4n) is 3.26. The molecule has 0 aliphatic carbocycles. The summed E-state index contributed by atoms with van der Waals surface area (Å²) in [5, 5.41) is 0. The number of carbonyl (C=O) groups excluding carboxylic acids is 1. The van der Waals surface area contributed by atoms with Gasteiger partial charge < -0.3 is 14.4 Å². The van der Waals surface area contributed by atoms with Crippen LogP contribution in [-0.2, 0) is 0 Å². The molecule has 1 heterocycles. The number of halogens is 1. The van der Waals surface area contributed by atoms with Gasteiger partial charge in [-0.2, -0.15) is 0 Å². The van der Waals surface area contributed by atoms with Crippen LogP contribution in [0.5, 0.6) is 11.5 Å². The Morgan fingerprint density at radius 3 is 2.60 bits per heavy atom. The third kappa shape index (κ3) is 3.82. The number of methoxy groups -OCH3 is 1. The normalized spacial score (nSPS) is 16.8. The highest BCUT2D eigenvalue weighted by atomic mass is 79.9. The molecule has 0 radical (unpaired) electrons. The summed E-state index contributed by atoms with van der Waals surface area (Å²) in [6.45, 7) is 3.38. The number of benzene rings is 2. The fourth-order valence-corrected chi connectivity index (χ4v) is 3.68. The molecule has 0 N–H and O–H groups in total. The first-order valence-electron chi connectivity index (χ1n) is 8.51. The van der Waals surface area contributed by atoms with E-state index in [1.165, 1.54) is 0 Å². The number of nitrogens with zero attached hydrogens (tertiary/aromatic N) is 1. The molecule has 5 heteroatoms. The molecule has 1 atom stereocenters. The van der Waals surface area contributed by atoms with Gasteiger partial charge in [0.25, 0.3) is 5.91 Å². The van der Waals surface area contributed by atoms with Gasteiger partial charge in [-0.1, -0.05) is 12.1 Å². The van der Waals surface area contributed by atoms with Crippen LogP contribution in [0.1, 0.15) is 41.7 Å². The van der Waals surface area contributed by atoms with Gasteiger partial charge >= 0.3 is 0 Å². The molecule has 1 aliphatic heterocycles. The Morgan fingerprint density at radius 2 is 1.92 bits per heavy atom. The van der Waals surface area contributed by atoms with Crippen LogP contribution in [0.15, 0.2) is 46.9 Å². The molecule has 1 aliphatic rings. The van der Waals surface area contributed by atoms with Crippen LogP contribution in [-0.4, -0.2) is 31.1 Å². The molecule has 4 nitrogen and oxygen atoms in total. The highest BCUT2D eigenvalue weighted by Crippen LogP contribution is 2.35. The summed E-state index contributed by atoms with van der Waals surface area (Å²) < 4.78 is 11.6. The van der Waals surface area contributed by atoms with Crippen molar-refractivity contribution in [1.82, 2.24) is 4.90 Å². The Balaban J connectivity index is 1.84. The van der Waals surface area contributed by atoms with Gasteiger partial charge in [0.2, 0.25) is 0 Å². The summed E-state index contributed by atoms with van der Waals surface area (Å²) in [4.78, 5) is 15.1. The van der Waals surface area contributed by atoms with Crippen molar-refractivity contribution in [3.05, 3.63) is 58.1 Å². The van der Waals surface area contributed by atoms with Gasteiger partial charge in [-0.25, -0.2) is 0 Å². The molecule has 0 bridgehead atoms. The van der Waals surface area contributed by atoms with Crippen molar-refractivity contribution >= 4 is 21.8 Å². The maximum Gasteiger partial charge on any atom is 0.255 e. The van der Waals surface area contributed by atoms with Crippen molar-refractivity contribution in [2.24, 2.45) is 0 Å². The molecule has 2 aromatic rings. The average Bonchev–Trinajstić information content (AvgIpc) is 3.12. The van der Waals surface area contributed by atoms with Gasteiger partial charge in [-0.15, -0.1) is 0 Å². The summed E-state index contributed by atoms with van der Waals surface area (Å²) in [5.74, 6) is 1.57. The second kappa shape index (κ2) is 7.91. The molecule has 1 amide bonds. The first-order chi connectivity index (χ1) is 12.1. The second-order valence-electron chi connectivity index (χ2n) is 6.00. The first kappa shape index (κ1) is 17.8. The fraction of sp³-hybridized carbons (Fsp3) is 0.350. The molecule has 1 fully saturated rings. The third-order valence-corrected chi connectivity index (χ3v) is 5.18. The van der Waals surface area contributed by atoms with E-state index in [-0.39, 0.29) is 11.9 Å². The molecule has 3 rings (SSSR count). The van der Waals surface area contributed by atoms with E-state index in [9.17, 15) is 4.79 Å². The summed E-state index contributed by atoms with van der Waals surface area (Å²) in [5.41, 5.74) is 1.78. The highest BCUT2D eigenvalue weighted by molar-refractivity contribution is 9.10. The summed E-state index contributed by atoms with van der Waals surface area (Å²) in [7, 11) is 1.61. The monoisotopic (exact) mass is 403 g/mol. The first-order valence-corrected chi connectivity index (χ1v) is 9.30. The van der Waals surface area contributed by atoms with E-state index >= 15 is 0 Å². The third-order valence-electron chi connectivity index (χ3n) is 4.49. The topological polar surface area (TPSA) is 38.8 Å². The van der Waals surface area contributed by atoms with E-state index in [1.54, 1.807) is 13.2 Å². The van der Waals surface area contributed by atoms with Gasteiger partial charge in [0, 0.05) is 11.0 Å². The molecule has 1 unspecified atom stereocenters. The lowest BCUT2D eigenvalue weighted by Crippen LogP contribution is -2.30. The minimum absolute atomic E-state index is 0.0298. The molecule has 0 aromatic heterocycles. The van der Waals surface area contributed by atoms with Crippen molar-refractivity contribution in [2.45, 2.75) is 25.8 Å². The van der Waals surface area contributed by atoms with Crippen molar-refractivity contribution < 1.29 is 14.3 Å².